The zero-order chi connectivity index (χ0) is 15.1. The Bertz CT molecular complexity index is 688. The summed E-state index contributed by atoms with van der Waals surface area (Å²) < 4.78 is 0. The number of aryl methyl sites for hydroxylation is 3. The molecule has 2 heteroatoms. The second-order valence-electron chi connectivity index (χ2n) is 5.86. The number of rotatable bonds is 2. The summed E-state index contributed by atoms with van der Waals surface area (Å²) in [5.41, 5.74) is 9.42. The van der Waals surface area contributed by atoms with Gasteiger partial charge in [-0.1, -0.05) is 12.1 Å². The van der Waals surface area contributed by atoms with Gasteiger partial charge in [-0.3, -0.25) is 0 Å². The fourth-order valence-electron chi connectivity index (χ4n) is 3.35. The Morgan fingerprint density at radius 1 is 0.714 bits per heavy atom. The lowest BCUT2D eigenvalue weighted by Crippen LogP contribution is -2.30. The predicted octanol–water partition coefficient (Wildman–Crippen LogP) is 5.24. The van der Waals surface area contributed by atoms with Gasteiger partial charge in [0.15, 0.2) is 0 Å². The SMILES string of the molecule is CCN1c2cc(C)c(C)cc2N(CC)c2c(C)cccc21. The minimum absolute atomic E-state index is 0.990. The zero-order valence-corrected chi connectivity index (χ0v) is 13.7. The van der Waals surface area contributed by atoms with Crippen LogP contribution in [-0.2, 0) is 0 Å². The summed E-state index contributed by atoms with van der Waals surface area (Å²) >= 11 is 0. The first-order chi connectivity index (χ1) is 10.1. The lowest BCUT2D eigenvalue weighted by atomic mass is 10.00. The monoisotopic (exact) mass is 280 g/mol. The second-order valence-corrected chi connectivity index (χ2v) is 5.86. The molecule has 1 aliphatic rings. The third-order valence-corrected chi connectivity index (χ3v) is 4.58. The van der Waals surface area contributed by atoms with Crippen LogP contribution in [0.5, 0.6) is 0 Å². The molecule has 0 amide bonds. The molecule has 0 saturated heterocycles. The van der Waals surface area contributed by atoms with Crippen LogP contribution < -0.4 is 9.80 Å². The average molecular weight is 280 g/mol. The summed E-state index contributed by atoms with van der Waals surface area (Å²) in [6.45, 7) is 13.1. The first-order valence-electron chi connectivity index (χ1n) is 7.84. The van der Waals surface area contributed by atoms with Gasteiger partial charge < -0.3 is 9.80 Å². The topological polar surface area (TPSA) is 6.48 Å². The Kier molecular flexibility index (Phi) is 3.40. The van der Waals surface area contributed by atoms with Crippen molar-refractivity contribution in [2.45, 2.75) is 34.6 Å². The predicted molar refractivity (Wildman–Crippen MR) is 92.5 cm³/mol. The molecule has 0 spiro atoms. The van der Waals surface area contributed by atoms with E-state index >= 15 is 0 Å². The van der Waals surface area contributed by atoms with Gasteiger partial charge in [0.05, 0.1) is 22.7 Å². The lowest BCUT2D eigenvalue weighted by molar-refractivity contribution is 0.938. The molecule has 1 aliphatic heterocycles. The minimum atomic E-state index is 0.990. The van der Waals surface area contributed by atoms with Crippen LogP contribution in [0.1, 0.15) is 30.5 Å². The van der Waals surface area contributed by atoms with Crippen molar-refractivity contribution >= 4 is 22.7 Å². The van der Waals surface area contributed by atoms with E-state index in [1.807, 2.05) is 0 Å². The second kappa shape index (κ2) is 5.10. The van der Waals surface area contributed by atoms with E-state index in [2.05, 4.69) is 74.8 Å². The summed E-state index contributed by atoms with van der Waals surface area (Å²) in [5, 5.41) is 0. The van der Waals surface area contributed by atoms with Crippen LogP contribution in [0, 0.1) is 20.8 Å². The molecule has 0 radical (unpaired) electrons. The van der Waals surface area contributed by atoms with Crippen LogP contribution in [0.2, 0.25) is 0 Å². The number of fused-ring (bicyclic) bond motifs is 2. The van der Waals surface area contributed by atoms with Gasteiger partial charge in [0.1, 0.15) is 0 Å². The Morgan fingerprint density at radius 2 is 1.29 bits per heavy atom. The van der Waals surface area contributed by atoms with Crippen LogP contribution in [0.15, 0.2) is 30.3 Å². The highest BCUT2D eigenvalue weighted by atomic mass is 15.3. The van der Waals surface area contributed by atoms with Crippen molar-refractivity contribution in [1.82, 2.24) is 0 Å². The van der Waals surface area contributed by atoms with E-state index in [1.54, 1.807) is 0 Å². The van der Waals surface area contributed by atoms with Gasteiger partial charge in [0.25, 0.3) is 0 Å². The van der Waals surface area contributed by atoms with Crippen LogP contribution in [-0.4, -0.2) is 13.1 Å². The van der Waals surface area contributed by atoms with Crippen molar-refractivity contribution in [3.05, 3.63) is 47.0 Å². The lowest BCUT2D eigenvalue weighted by Gasteiger charge is -2.41. The minimum Gasteiger partial charge on any atom is -0.338 e. The number of para-hydroxylation sites is 1. The van der Waals surface area contributed by atoms with Gasteiger partial charge >= 0.3 is 0 Å². The molecule has 0 bridgehead atoms. The van der Waals surface area contributed by atoms with Crippen molar-refractivity contribution in [1.29, 1.82) is 0 Å². The van der Waals surface area contributed by atoms with Crippen molar-refractivity contribution in [2.24, 2.45) is 0 Å². The van der Waals surface area contributed by atoms with E-state index in [1.165, 1.54) is 39.4 Å². The normalized spacial score (nSPS) is 13.2. The molecule has 3 rings (SSSR count). The summed E-state index contributed by atoms with van der Waals surface area (Å²) in [5.74, 6) is 0. The average Bonchev–Trinajstić information content (AvgIpc) is 2.47. The maximum atomic E-state index is 2.46. The number of hydrogen-bond donors (Lipinski definition) is 0. The highest BCUT2D eigenvalue weighted by Crippen LogP contribution is 2.49. The van der Waals surface area contributed by atoms with Gasteiger partial charge in [-0.15, -0.1) is 0 Å². The molecule has 0 N–H and O–H groups in total. The van der Waals surface area contributed by atoms with Crippen LogP contribution >= 0.6 is 0 Å². The fraction of sp³-hybridized carbons (Fsp3) is 0.368. The molecule has 0 fully saturated rings. The van der Waals surface area contributed by atoms with Crippen molar-refractivity contribution in [3.8, 4) is 0 Å². The van der Waals surface area contributed by atoms with Crippen molar-refractivity contribution in [3.63, 3.8) is 0 Å². The molecule has 2 aromatic rings. The Labute approximate surface area is 128 Å². The largest absolute Gasteiger partial charge is 0.338 e. The van der Waals surface area contributed by atoms with Crippen LogP contribution in [0.4, 0.5) is 22.7 Å². The molecule has 0 atom stereocenters. The van der Waals surface area contributed by atoms with E-state index in [0.717, 1.165) is 13.1 Å². The first-order valence-corrected chi connectivity index (χ1v) is 7.84. The summed E-state index contributed by atoms with van der Waals surface area (Å²) in [4.78, 5) is 4.90. The molecule has 0 aliphatic carbocycles. The van der Waals surface area contributed by atoms with E-state index in [-0.39, 0.29) is 0 Å². The third-order valence-electron chi connectivity index (χ3n) is 4.58. The number of hydrogen-bond acceptors (Lipinski definition) is 2. The number of anilines is 4. The first kappa shape index (κ1) is 14.0. The number of nitrogens with zero attached hydrogens (tertiary/aromatic N) is 2. The molecular weight excluding hydrogens is 256 g/mol. The fourth-order valence-corrected chi connectivity index (χ4v) is 3.35. The molecular formula is C19H24N2. The Hall–Kier alpha value is -1.96. The molecule has 0 aromatic heterocycles. The van der Waals surface area contributed by atoms with Gasteiger partial charge in [-0.25, -0.2) is 0 Å². The van der Waals surface area contributed by atoms with E-state index in [9.17, 15) is 0 Å². The van der Waals surface area contributed by atoms with E-state index in [4.69, 9.17) is 0 Å². The van der Waals surface area contributed by atoms with Crippen molar-refractivity contribution < 1.29 is 0 Å². The van der Waals surface area contributed by atoms with Crippen LogP contribution in [0.25, 0.3) is 0 Å². The van der Waals surface area contributed by atoms with Crippen molar-refractivity contribution in [2.75, 3.05) is 22.9 Å². The van der Waals surface area contributed by atoms with E-state index in [0.29, 0.717) is 0 Å². The number of benzene rings is 2. The quantitative estimate of drug-likeness (QED) is 0.742. The van der Waals surface area contributed by atoms with Gasteiger partial charge in [0.2, 0.25) is 0 Å². The summed E-state index contributed by atoms with van der Waals surface area (Å²) in [6.07, 6.45) is 0. The molecule has 21 heavy (non-hydrogen) atoms. The molecule has 2 aromatic carbocycles. The molecule has 110 valence electrons. The van der Waals surface area contributed by atoms with Gasteiger partial charge in [-0.05, 0) is 69.5 Å². The molecule has 1 heterocycles. The maximum absolute atomic E-state index is 2.46. The van der Waals surface area contributed by atoms with Gasteiger partial charge in [0, 0.05) is 13.1 Å². The molecule has 0 unspecified atom stereocenters. The molecule has 0 saturated carbocycles. The Balaban J connectivity index is 2.32. The summed E-state index contributed by atoms with van der Waals surface area (Å²) in [7, 11) is 0. The van der Waals surface area contributed by atoms with E-state index < -0.39 is 0 Å². The highest BCUT2D eigenvalue weighted by Gasteiger charge is 2.28. The van der Waals surface area contributed by atoms with Crippen LogP contribution in [0.3, 0.4) is 0 Å². The summed E-state index contributed by atoms with van der Waals surface area (Å²) in [6, 6.07) is 11.3. The third kappa shape index (κ3) is 2.01. The smallest absolute Gasteiger partial charge is 0.0682 e. The van der Waals surface area contributed by atoms with Gasteiger partial charge in [-0.2, -0.15) is 0 Å². The maximum Gasteiger partial charge on any atom is 0.0682 e. The molecule has 2 nitrogen and oxygen atoms in total. The Morgan fingerprint density at radius 3 is 1.86 bits per heavy atom. The highest BCUT2D eigenvalue weighted by molar-refractivity contribution is 5.95. The standard InChI is InChI=1S/C19H24N2/c1-6-20-16-10-8-9-13(3)19(16)21(7-2)18-12-15(5)14(4)11-17(18)20/h8-12H,6-7H2,1-5H3. The zero-order valence-electron chi connectivity index (χ0n) is 13.7.